The number of allylic oxidation sites excluding steroid dienone is 3. The lowest BCUT2D eigenvalue weighted by Gasteiger charge is -2.05. The van der Waals surface area contributed by atoms with Crippen molar-refractivity contribution in [1.29, 1.82) is 0 Å². The van der Waals surface area contributed by atoms with Crippen molar-refractivity contribution in [3.05, 3.63) is 22.1 Å². The van der Waals surface area contributed by atoms with Crippen LogP contribution in [0, 0.1) is 0 Å². The van der Waals surface area contributed by atoms with Gasteiger partial charge in [0.2, 0.25) is 0 Å². The molecule has 1 aliphatic carbocycles. The summed E-state index contributed by atoms with van der Waals surface area (Å²) in [6.45, 7) is 0. The van der Waals surface area contributed by atoms with E-state index in [0.29, 0.717) is 16.4 Å². The van der Waals surface area contributed by atoms with Crippen LogP contribution in [-0.4, -0.2) is 8.76 Å². The zero-order chi connectivity index (χ0) is 7.56. The minimum atomic E-state index is -1.92. The van der Waals surface area contributed by atoms with E-state index in [1.54, 1.807) is 6.08 Å². The van der Waals surface area contributed by atoms with Gasteiger partial charge in [0.25, 0.3) is 0 Å². The Morgan fingerprint density at radius 3 is 2.80 bits per heavy atom. The van der Waals surface area contributed by atoms with E-state index in [4.69, 9.17) is 16.2 Å². The topological polar surface area (TPSA) is 37.3 Å². The van der Waals surface area contributed by atoms with Gasteiger partial charge >= 0.3 is 0 Å². The zero-order valence-electron chi connectivity index (χ0n) is 5.21. The maximum absolute atomic E-state index is 10.5. The summed E-state index contributed by atoms with van der Waals surface area (Å²) in [6.07, 6.45) is 4.98. The minimum absolute atomic E-state index is 0.341. The first kappa shape index (κ1) is 7.98. The van der Waals surface area contributed by atoms with Crippen molar-refractivity contribution < 1.29 is 8.76 Å². The van der Waals surface area contributed by atoms with E-state index in [9.17, 15) is 4.21 Å². The van der Waals surface area contributed by atoms with E-state index >= 15 is 0 Å². The van der Waals surface area contributed by atoms with Crippen LogP contribution in [0.2, 0.25) is 0 Å². The van der Waals surface area contributed by atoms with Crippen LogP contribution in [0.5, 0.6) is 0 Å². The molecule has 1 rings (SSSR count). The second-order valence-corrected chi connectivity index (χ2v) is 3.35. The van der Waals surface area contributed by atoms with E-state index in [1.807, 2.05) is 6.08 Å². The summed E-state index contributed by atoms with van der Waals surface area (Å²) in [6, 6.07) is 0. The van der Waals surface area contributed by atoms with Crippen LogP contribution in [0.15, 0.2) is 22.1 Å². The third-order valence-electron chi connectivity index (χ3n) is 1.26. The summed E-state index contributed by atoms with van der Waals surface area (Å²) in [5.41, 5.74) is 0. The Balaban J connectivity index is 2.90. The maximum atomic E-state index is 10.5. The van der Waals surface area contributed by atoms with Gasteiger partial charge in [0, 0.05) is 5.03 Å². The lowest BCUT2D eigenvalue weighted by molar-refractivity contribution is 0.571. The summed E-state index contributed by atoms with van der Waals surface area (Å²) in [5.74, 6) is 0. The fourth-order valence-electron chi connectivity index (χ4n) is 0.767. The summed E-state index contributed by atoms with van der Waals surface area (Å²) in [4.78, 5) is 0.341. The second kappa shape index (κ2) is 3.32. The highest BCUT2D eigenvalue weighted by atomic mass is 35.5. The molecule has 0 heterocycles. The molecule has 4 heteroatoms. The standard InChI is InChI=1S/C6H7ClO2S/c7-5-3-1-2-4-6(5)10(8)9/h2,4H,1,3H2,(H,8,9). The molecule has 2 nitrogen and oxygen atoms in total. The molecular formula is C6H7ClO2S. The van der Waals surface area contributed by atoms with E-state index < -0.39 is 11.1 Å². The molecule has 0 bridgehead atoms. The van der Waals surface area contributed by atoms with Gasteiger partial charge in [-0.3, -0.25) is 0 Å². The smallest absolute Gasteiger partial charge is 0.187 e. The van der Waals surface area contributed by atoms with E-state index in [-0.39, 0.29) is 0 Å². The van der Waals surface area contributed by atoms with Gasteiger partial charge < -0.3 is 4.55 Å². The molecule has 0 aromatic carbocycles. The lowest BCUT2D eigenvalue weighted by atomic mass is 10.2. The van der Waals surface area contributed by atoms with Crippen molar-refractivity contribution in [2.75, 3.05) is 0 Å². The normalized spacial score (nSPS) is 21.4. The molecule has 0 aromatic heterocycles. The van der Waals surface area contributed by atoms with Gasteiger partial charge in [-0.15, -0.1) is 0 Å². The largest absolute Gasteiger partial charge is 0.302 e. The zero-order valence-corrected chi connectivity index (χ0v) is 6.78. The number of hydrogen-bond donors (Lipinski definition) is 1. The summed E-state index contributed by atoms with van der Waals surface area (Å²) in [5, 5.41) is 0.503. The Bertz CT molecular complexity index is 220. The Morgan fingerprint density at radius 1 is 1.70 bits per heavy atom. The van der Waals surface area contributed by atoms with Gasteiger partial charge in [-0.1, -0.05) is 17.7 Å². The van der Waals surface area contributed by atoms with E-state index in [2.05, 4.69) is 0 Å². The van der Waals surface area contributed by atoms with Gasteiger partial charge in [0.15, 0.2) is 11.1 Å². The first-order chi connectivity index (χ1) is 4.72. The average molecular weight is 179 g/mol. The maximum Gasteiger partial charge on any atom is 0.187 e. The summed E-state index contributed by atoms with van der Waals surface area (Å²) < 4.78 is 19.1. The van der Waals surface area contributed by atoms with Gasteiger partial charge in [-0.2, -0.15) is 0 Å². The van der Waals surface area contributed by atoms with Crippen LogP contribution < -0.4 is 0 Å². The SMILES string of the molecule is O=S(O)C1=C(Cl)CCC=C1. The van der Waals surface area contributed by atoms with Gasteiger partial charge in [-0.25, -0.2) is 4.21 Å². The molecule has 0 spiro atoms. The van der Waals surface area contributed by atoms with Crippen molar-refractivity contribution in [1.82, 2.24) is 0 Å². The van der Waals surface area contributed by atoms with Crippen molar-refractivity contribution in [3.8, 4) is 0 Å². The monoisotopic (exact) mass is 178 g/mol. The van der Waals surface area contributed by atoms with Crippen LogP contribution >= 0.6 is 11.6 Å². The molecule has 0 radical (unpaired) electrons. The number of halogens is 1. The number of hydrogen-bond acceptors (Lipinski definition) is 1. The minimum Gasteiger partial charge on any atom is -0.302 e. The fraction of sp³-hybridized carbons (Fsp3) is 0.333. The third-order valence-corrected chi connectivity index (χ3v) is 2.52. The van der Waals surface area contributed by atoms with Crippen LogP contribution in [-0.2, 0) is 11.1 Å². The van der Waals surface area contributed by atoms with Crippen molar-refractivity contribution in [3.63, 3.8) is 0 Å². The molecular weight excluding hydrogens is 172 g/mol. The van der Waals surface area contributed by atoms with E-state index in [0.717, 1.165) is 6.42 Å². The molecule has 56 valence electrons. The van der Waals surface area contributed by atoms with Crippen molar-refractivity contribution >= 4 is 22.7 Å². The first-order valence-electron chi connectivity index (χ1n) is 2.88. The van der Waals surface area contributed by atoms with Crippen LogP contribution in [0.1, 0.15) is 12.8 Å². The molecule has 0 aromatic rings. The van der Waals surface area contributed by atoms with Gasteiger partial charge in [-0.05, 0) is 18.9 Å². The third kappa shape index (κ3) is 1.68. The molecule has 1 unspecified atom stereocenters. The Morgan fingerprint density at radius 2 is 2.40 bits per heavy atom. The Hall–Kier alpha value is -0.120. The average Bonchev–Trinajstić information content (AvgIpc) is 1.88. The number of rotatable bonds is 1. The van der Waals surface area contributed by atoms with E-state index in [1.165, 1.54) is 0 Å². The molecule has 0 amide bonds. The molecule has 1 atom stereocenters. The van der Waals surface area contributed by atoms with Gasteiger partial charge in [0.05, 0.1) is 4.91 Å². The van der Waals surface area contributed by atoms with Crippen LogP contribution in [0.25, 0.3) is 0 Å². The molecule has 1 aliphatic rings. The lowest BCUT2D eigenvalue weighted by Crippen LogP contribution is -1.95. The summed E-state index contributed by atoms with van der Waals surface area (Å²) >= 11 is 3.73. The predicted molar refractivity (Wildman–Crippen MR) is 42.0 cm³/mol. The van der Waals surface area contributed by atoms with Crippen molar-refractivity contribution in [2.45, 2.75) is 12.8 Å². The fourth-order valence-corrected chi connectivity index (χ4v) is 1.64. The highest BCUT2D eigenvalue weighted by Crippen LogP contribution is 2.23. The Kier molecular flexibility index (Phi) is 2.65. The summed E-state index contributed by atoms with van der Waals surface area (Å²) in [7, 11) is 0. The van der Waals surface area contributed by atoms with Crippen LogP contribution in [0.3, 0.4) is 0 Å². The quantitative estimate of drug-likeness (QED) is 0.624. The Labute approximate surface area is 66.9 Å². The molecule has 1 N–H and O–H groups in total. The molecule has 0 aliphatic heterocycles. The van der Waals surface area contributed by atoms with Gasteiger partial charge in [0.1, 0.15) is 0 Å². The second-order valence-electron chi connectivity index (χ2n) is 1.96. The highest BCUT2D eigenvalue weighted by Gasteiger charge is 2.09. The molecule has 0 fully saturated rings. The molecule has 0 saturated carbocycles. The van der Waals surface area contributed by atoms with Crippen LogP contribution in [0.4, 0.5) is 0 Å². The van der Waals surface area contributed by atoms with Crippen molar-refractivity contribution in [2.24, 2.45) is 0 Å². The predicted octanol–water partition coefficient (Wildman–Crippen LogP) is 2.01. The first-order valence-corrected chi connectivity index (χ1v) is 4.36. The molecule has 10 heavy (non-hydrogen) atoms. The molecule has 0 saturated heterocycles. The highest BCUT2D eigenvalue weighted by molar-refractivity contribution is 7.83.